The van der Waals surface area contributed by atoms with Gasteiger partial charge in [0.2, 0.25) is 16.4 Å². The Kier molecular flexibility index (Phi) is 4.33. The molecule has 2 unspecified atom stereocenters. The Bertz CT molecular complexity index is 612. The van der Waals surface area contributed by atoms with Gasteiger partial charge in [0, 0.05) is 0 Å². The van der Waals surface area contributed by atoms with Gasteiger partial charge in [-0.05, 0) is 40.0 Å². The predicted molar refractivity (Wildman–Crippen MR) is 76.3 cm³/mol. The zero-order valence-electron chi connectivity index (χ0n) is 13.1. The van der Waals surface area contributed by atoms with E-state index in [0.29, 0.717) is 12.8 Å². The maximum Gasteiger partial charge on any atom is 0.408 e. The standard InChI is InChI=1S/C13H20F2N2O5S/c1-12(2,3)22-11(19)16-13(6-8(13)9(14)15)10(18)17-23(20,21)7-4-5-7/h7-9H,4-6H2,1-3H3,(H,16,19)(H,17,18). The SMILES string of the molecule is CC(C)(C)OC(=O)NC1(C(=O)NS(=O)(=O)C2CC2)CC1C(F)F. The molecule has 2 amide bonds. The minimum atomic E-state index is -3.89. The fraction of sp³-hybridized carbons (Fsp3) is 0.846. The summed E-state index contributed by atoms with van der Waals surface area (Å²) in [6.45, 7) is 4.73. The molecule has 0 heterocycles. The van der Waals surface area contributed by atoms with Crippen LogP contribution in [0.1, 0.15) is 40.0 Å². The van der Waals surface area contributed by atoms with Crippen LogP contribution in [0.2, 0.25) is 0 Å². The highest BCUT2D eigenvalue weighted by Crippen LogP contribution is 2.48. The number of hydrogen-bond acceptors (Lipinski definition) is 5. The largest absolute Gasteiger partial charge is 0.444 e. The summed E-state index contributed by atoms with van der Waals surface area (Å²) < 4.78 is 56.3. The maximum absolute atomic E-state index is 12.9. The third-order valence-corrected chi connectivity index (χ3v) is 5.47. The Hall–Kier alpha value is -1.45. The maximum atomic E-state index is 12.9. The molecule has 0 bridgehead atoms. The zero-order valence-corrected chi connectivity index (χ0v) is 13.9. The lowest BCUT2D eigenvalue weighted by atomic mass is 10.2. The number of alkyl carbamates (subject to hydrolysis) is 1. The Labute approximate surface area is 133 Å². The van der Waals surface area contributed by atoms with Gasteiger partial charge in [-0.3, -0.25) is 9.52 Å². The number of halogens is 2. The second kappa shape index (κ2) is 5.57. The normalized spacial score (nSPS) is 27.5. The van der Waals surface area contributed by atoms with Gasteiger partial charge in [0.1, 0.15) is 11.1 Å². The van der Waals surface area contributed by atoms with E-state index in [4.69, 9.17) is 4.74 Å². The third kappa shape index (κ3) is 4.10. The number of carbonyl (C=O) groups is 2. The number of hydrogen-bond donors (Lipinski definition) is 2. The lowest BCUT2D eigenvalue weighted by Gasteiger charge is -2.23. The molecular formula is C13H20F2N2O5S. The average Bonchev–Trinajstić information content (AvgIpc) is 3.20. The molecule has 0 aromatic heterocycles. The van der Waals surface area contributed by atoms with Crippen molar-refractivity contribution < 1.29 is 31.5 Å². The smallest absolute Gasteiger partial charge is 0.408 e. The van der Waals surface area contributed by atoms with Crippen LogP contribution in [0.4, 0.5) is 13.6 Å². The molecule has 2 saturated carbocycles. The first-order chi connectivity index (χ1) is 10.4. The van der Waals surface area contributed by atoms with Gasteiger partial charge in [-0.25, -0.2) is 22.0 Å². The van der Waals surface area contributed by atoms with Crippen LogP contribution in [0, 0.1) is 5.92 Å². The predicted octanol–water partition coefficient (Wildman–Crippen LogP) is 1.14. The summed E-state index contributed by atoms with van der Waals surface area (Å²) in [6, 6.07) is 0. The quantitative estimate of drug-likeness (QED) is 0.771. The summed E-state index contributed by atoms with van der Waals surface area (Å²) >= 11 is 0. The monoisotopic (exact) mass is 354 g/mol. The Morgan fingerprint density at radius 3 is 2.22 bits per heavy atom. The molecule has 7 nitrogen and oxygen atoms in total. The molecule has 2 rings (SSSR count). The minimum absolute atomic E-state index is 0.337. The van der Waals surface area contributed by atoms with Gasteiger partial charge in [0.25, 0.3) is 5.91 Å². The van der Waals surface area contributed by atoms with Crippen molar-refractivity contribution >= 4 is 22.0 Å². The fourth-order valence-electron chi connectivity index (χ4n) is 2.22. The van der Waals surface area contributed by atoms with Crippen LogP contribution in [0.15, 0.2) is 0 Å². The van der Waals surface area contributed by atoms with Crippen molar-refractivity contribution in [2.45, 2.75) is 62.8 Å². The van der Waals surface area contributed by atoms with E-state index in [2.05, 4.69) is 5.32 Å². The Morgan fingerprint density at radius 2 is 1.83 bits per heavy atom. The summed E-state index contributed by atoms with van der Waals surface area (Å²) in [6.07, 6.45) is -3.39. The molecule has 2 atom stereocenters. The minimum Gasteiger partial charge on any atom is -0.444 e. The number of alkyl halides is 2. The topological polar surface area (TPSA) is 102 Å². The van der Waals surface area contributed by atoms with Crippen molar-refractivity contribution in [3.8, 4) is 0 Å². The molecule has 23 heavy (non-hydrogen) atoms. The second-order valence-corrected chi connectivity index (χ2v) is 8.88. The number of ether oxygens (including phenoxy) is 1. The van der Waals surface area contributed by atoms with Crippen LogP contribution in [0.3, 0.4) is 0 Å². The van der Waals surface area contributed by atoms with E-state index in [1.807, 2.05) is 0 Å². The molecular weight excluding hydrogens is 334 g/mol. The molecule has 2 aliphatic carbocycles. The van der Waals surface area contributed by atoms with Gasteiger partial charge in [-0.1, -0.05) is 0 Å². The first kappa shape index (κ1) is 17.9. The third-order valence-electron chi connectivity index (χ3n) is 3.65. The Morgan fingerprint density at radius 1 is 1.26 bits per heavy atom. The molecule has 0 aromatic carbocycles. The van der Waals surface area contributed by atoms with Gasteiger partial charge < -0.3 is 10.1 Å². The molecule has 2 fully saturated rings. The van der Waals surface area contributed by atoms with E-state index >= 15 is 0 Å². The molecule has 10 heteroatoms. The van der Waals surface area contributed by atoms with E-state index < -0.39 is 50.8 Å². The van der Waals surface area contributed by atoms with E-state index in [0.717, 1.165) is 0 Å². The van der Waals surface area contributed by atoms with Gasteiger partial charge in [-0.2, -0.15) is 0 Å². The lowest BCUT2D eigenvalue weighted by Crippen LogP contribution is -2.53. The van der Waals surface area contributed by atoms with Gasteiger partial charge in [-0.15, -0.1) is 0 Å². The molecule has 2 aliphatic rings. The van der Waals surface area contributed by atoms with Crippen LogP contribution in [-0.4, -0.2) is 43.2 Å². The summed E-state index contributed by atoms with van der Waals surface area (Å²) in [5.74, 6) is -2.58. The van der Waals surface area contributed by atoms with Gasteiger partial charge in [0.05, 0.1) is 11.2 Å². The van der Waals surface area contributed by atoms with Crippen molar-refractivity contribution in [3.63, 3.8) is 0 Å². The van der Waals surface area contributed by atoms with Gasteiger partial charge >= 0.3 is 6.09 Å². The average molecular weight is 354 g/mol. The number of rotatable bonds is 5. The number of carbonyl (C=O) groups excluding carboxylic acids is 2. The Balaban J connectivity index is 2.10. The first-order valence-corrected chi connectivity index (χ1v) is 8.77. The highest BCUT2D eigenvalue weighted by atomic mass is 32.2. The molecule has 0 aromatic rings. The van der Waals surface area contributed by atoms with E-state index in [1.54, 1.807) is 25.5 Å². The highest BCUT2D eigenvalue weighted by Gasteiger charge is 2.66. The van der Waals surface area contributed by atoms with Crippen LogP contribution in [0.5, 0.6) is 0 Å². The summed E-state index contributed by atoms with van der Waals surface area (Å²) in [4.78, 5) is 24.0. The zero-order chi connectivity index (χ0) is 17.6. The first-order valence-electron chi connectivity index (χ1n) is 7.23. The van der Waals surface area contributed by atoms with E-state index in [-0.39, 0.29) is 6.42 Å². The molecule has 2 N–H and O–H groups in total. The van der Waals surface area contributed by atoms with Crippen molar-refractivity contribution in [1.29, 1.82) is 0 Å². The van der Waals surface area contributed by atoms with Crippen molar-refractivity contribution in [2.24, 2.45) is 5.92 Å². The number of sulfonamides is 1. The number of nitrogens with one attached hydrogen (secondary N) is 2. The molecule has 0 radical (unpaired) electrons. The van der Waals surface area contributed by atoms with Crippen molar-refractivity contribution in [3.05, 3.63) is 0 Å². The molecule has 132 valence electrons. The lowest BCUT2D eigenvalue weighted by molar-refractivity contribution is -0.123. The highest BCUT2D eigenvalue weighted by molar-refractivity contribution is 7.90. The van der Waals surface area contributed by atoms with Crippen molar-refractivity contribution in [1.82, 2.24) is 10.0 Å². The fourth-order valence-corrected chi connectivity index (χ4v) is 3.59. The summed E-state index contributed by atoms with van der Waals surface area (Å²) in [7, 11) is -3.89. The van der Waals surface area contributed by atoms with Crippen LogP contribution < -0.4 is 10.0 Å². The van der Waals surface area contributed by atoms with Crippen molar-refractivity contribution in [2.75, 3.05) is 0 Å². The second-order valence-electron chi connectivity index (χ2n) is 6.92. The van der Waals surface area contributed by atoms with Crippen LogP contribution in [0.25, 0.3) is 0 Å². The van der Waals surface area contributed by atoms with E-state index in [1.165, 1.54) is 0 Å². The summed E-state index contributed by atoms with van der Waals surface area (Å²) in [5.41, 5.74) is -2.82. The van der Waals surface area contributed by atoms with E-state index in [9.17, 15) is 26.8 Å². The van der Waals surface area contributed by atoms with Gasteiger partial charge in [0.15, 0.2) is 0 Å². The molecule has 0 spiro atoms. The summed E-state index contributed by atoms with van der Waals surface area (Å²) in [5, 5.41) is 1.45. The van der Waals surface area contributed by atoms with Crippen LogP contribution >= 0.6 is 0 Å². The molecule has 0 aliphatic heterocycles. The molecule has 0 saturated heterocycles. The van der Waals surface area contributed by atoms with Crippen LogP contribution in [-0.2, 0) is 19.6 Å². The number of amides is 2.